The first-order valence-corrected chi connectivity index (χ1v) is 4.80. The smallest absolute Gasteiger partial charge is 0.371 e. The number of hydrogen-bond donors (Lipinski definition) is 2. The second-order valence-corrected chi connectivity index (χ2v) is 3.43. The molecule has 2 rings (SSSR count). The molecule has 3 N–H and O–H groups in total. The normalized spacial score (nSPS) is 10.1. The predicted molar refractivity (Wildman–Crippen MR) is 60.9 cm³/mol. The van der Waals surface area contributed by atoms with Gasteiger partial charge in [0, 0.05) is 16.8 Å². The van der Waals surface area contributed by atoms with E-state index in [1.807, 2.05) is 0 Å². The highest BCUT2D eigenvalue weighted by molar-refractivity contribution is 5.87. The van der Waals surface area contributed by atoms with E-state index >= 15 is 0 Å². The number of furan rings is 1. The van der Waals surface area contributed by atoms with Crippen LogP contribution in [-0.4, -0.2) is 17.4 Å². The number of nitrogen functional groups attached to an aromatic ring is 1. The molecule has 17 heavy (non-hydrogen) atoms. The molecule has 0 saturated carbocycles. The minimum Gasteiger partial charge on any atom is -0.475 e. The van der Waals surface area contributed by atoms with Gasteiger partial charge in [0.1, 0.15) is 12.0 Å². The van der Waals surface area contributed by atoms with Crippen molar-refractivity contribution in [1.29, 1.82) is 0 Å². The van der Waals surface area contributed by atoms with E-state index in [1.165, 1.54) is 18.2 Å². The quantitative estimate of drug-likeness (QED) is 0.622. The van der Waals surface area contributed by atoms with Crippen LogP contribution < -0.4 is 5.73 Å². The molecule has 1 heterocycles. The van der Waals surface area contributed by atoms with Crippen molar-refractivity contribution in [2.45, 2.75) is 0 Å². The molecule has 0 radical (unpaired) electrons. The summed E-state index contributed by atoms with van der Waals surface area (Å²) in [4.78, 5) is 21.2. The van der Waals surface area contributed by atoms with Crippen molar-refractivity contribution < 1.29 is 19.1 Å². The lowest BCUT2D eigenvalue weighted by Gasteiger charge is -2.02. The fraction of sp³-hybridized carbons (Fsp3) is 0. The van der Waals surface area contributed by atoms with Gasteiger partial charge in [0.2, 0.25) is 5.76 Å². The molecule has 2 aromatic rings. The Hall–Kier alpha value is -2.56. The summed E-state index contributed by atoms with van der Waals surface area (Å²) in [5.74, 6) is -0.935. The SMILES string of the molecule is Nc1cc(C=O)ccc1-c1ccc(C(=O)O)o1. The third-order valence-electron chi connectivity index (χ3n) is 2.29. The highest BCUT2D eigenvalue weighted by Gasteiger charge is 2.12. The molecule has 0 atom stereocenters. The molecule has 1 aromatic carbocycles. The first kappa shape index (κ1) is 10.9. The molecule has 5 heteroatoms. The Bertz CT molecular complexity index is 586. The average Bonchev–Trinajstić information content (AvgIpc) is 2.78. The third kappa shape index (κ3) is 2.03. The van der Waals surface area contributed by atoms with Crippen LogP contribution >= 0.6 is 0 Å². The van der Waals surface area contributed by atoms with Gasteiger partial charge in [-0.1, -0.05) is 6.07 Å². The zero-order valence-corrected chi connectivity index (χ0v) is 8.71. The Kier molecular flexibility index (Phi) is 2.66. The third-order valence-corrected chi connectivity index (χ3v) is 2.29. The van der Waals surface area contributed by atoms with Crippen molar-refractivity contribution in [2.75, 3.05) is 5.73 Å². The van der Waals surface area contributed by atoms with Crippen LogP contribution in [0.15, 0.2) is 34.7 Å². The van der Waals surface area contributed by atoms with Crippen molar-refractivity contribution in [3.05, 3.63) is 41.7 Å². The molecule has 0 aliphatic heterocycles. The lowest BCUT2D eigenvalue weighted by atomic mass is 10.1. The first-order valence-electron chi connectivity index (χ1n) is 4.80. The summed E-state index contributed by atoms with van der Waals surface area (Å²) >= 11 is 0. The molecule has 0 unspecified atom stereocenters. The predicted octanol–water partition coefficient (Wildman–Crippen LogP) is 2.04. The molecule has 0 saturated heterocycles. The summed E-state index contributed by atoms with van der Waals surface area (Å²) in [5, 5.41) is 8.73. The number of anilines is 1. The van der Waals surface area contributed by atoms with E-state index in [0.717, 1.165) is 0 Å². The van der Waals surface area contributed by atoms with Gasteiger partial charge in [-0.2, -0.15) is 0 Å². The molecule has 5 nitrogen and oxygen atoms in total. The van der Waals surface area contributed by atoms with Gasteiger partial charge >= 0.3 is 5.97 Å². The molecule has 0 amide bonds. The minimum absolute atomic E-state index is 0.154. The van der Waals surface area contributed by atoms with Crippen molar-refractivity contribution in [2.24, 2.45) is 0 Å². The van der Waals surface area contributed by atoms with E-state index < -0.39 is 5.97 Å². The maximum absolute atomic E-state index is 10.7. The van der Waals surface area contributed by atoms with Crippen LogP contribution in [0.5, 0.6) is 0 Å². The second-order valence-electron chi connectivity index (χ2n) is 3.43. The van der Waals surface area contributed by atoms with E-state index in [2.05, 4.69) is 0 Å². The molecule has 0 aliphatic carbocycles. The molecule has 0 spiro atoms. The number of carbonyl (C=O) groups is 2. The summed E-state index contributed by atoms with van der Waals surface area (Å²) in [7, 11) is 0. The van der Waals surface area contributed by atoms with E-state index in [0.29, 0.717) is 28.9 Å². The fourth-order valence-electron chi connectivity index (χ4n) is 1.48. The maximum atomic E-state index is 10.7. The summed E-state index contributed by atoms with van der Waals surface area (Å²) < 4.78 is 5.12. The summed E-state index contributed by atoms with van der Waals surface area (Å²) in [6.07, 6.45) is 0.685. The summed E-state index contributed by atoms with van der Waals surface area (Å²) in [6.45, 7) is 0. The zero-order valence-electron chi connectivity index (χ0n) is 8.71. The number of carboxylic acid groups (broad SMARTS) is 1. The monoisotopic (exact) mass is 231 g/mol. The van der Waals surface area contributed by atoms with Gasteiger partial charge < -0.3 is 15.3 Å². The number of benzene rings is 1. The molecule has 1 aromatic heterocycles. The largest absolute Gasteiger partial charge is 0.475 e. The number of hydrogen-bond acceptors (Lipinski definition) is 4. The van der Waals surface area contributed by atoms with E-state index in [4.69, 9.17) is 15.3 Å². The Morgan fingerprint density at radius 3 is 2.59 bits per heavy atom. The number of nitrogens with two attached hydrogens (primary N) is 1. The average molecular weight is 231 g/mol. The van der Waals surface area contributed by atoms with Crippen LogP contribution in [0.25, 0.3) is 11.3 Å². The Labute approximate surface area is 96.5 Å². The van der Waals surface area contributed by atoms with Crippen LogP contribution in [0.2, 0.25) is 0 Å². The molecule has 86 valence electrons. The highest BCUT2D eigenvalue weighted by Crippen LogP contribution is 2.28. The van der Waals surface area contributed by atoms with Gasteiger partial charge in [-0.25, -0.2) is 4.79 Å². The molecule has 0 fully saturated rings. The Morgan fingerprint density at radius 1 is 1.29 bits per heavy atom. The van der Waals surface area contributed by atoms with Crippen LogP contribution in [0, 0.1) is 0 Å². The lowest BCUT2D eigenvalue weighted by Crippen LogP contribution is -1.93. The van der Waals surface area contributed by atoms with Gasteiger partial charge in [-0.3, -0.25) is 4.79 Å². The molecular weight excluding hydrogens is 222 g/mol. The summed E-state index contributed by atoms with van der Waals surface area (Å²) in [5.41, 5.74) is 7.12. The van der Waals surface area contributed by atoms with E-state index in [-0.39, 0.29) is 5.76 Å². The van der Waals surface area contributed by atoms with Gasteiger partial charge in [-0.15, -0.1) is 0 Å². The van der Waals surface area contributed by atoms with Gasteiger partial charge in [0.05, 0.1) is 0 Å². The van der Waals surface area contributed by atoms with Gasteiger partial charge in [-0.05, 0) is 24.3 Å². The number of rotatable bonds is 3. The Morgan fingerprint density at radius 2 is 2.06 bits per heavy atom. The number of carbonyl (C=O) groups excluding carboxylic acids is 1. The van der Waals surface area contributed by atoms with Gasteiger partial charge in [0.15, 0.2) is 0 Å². The van der Waals surface area contributed by atoms with Crippen LogP contribution in [0.3, 0.4) is 0 Å². The zero-order chi connectivity index (χ0) is 12.4. The van der Waals surface area contributed by atoms with E-state index in [9.17, 15) is 9.59 Å². The van der Waals surface area contributed by atoms with Gasteiger partial charge in [0.25, 0.3) is 0 Å². The summed E-state index contributed by atoms with van der Waals surface area (Å²) in [6, 6.07) is 7.58. The van der Waals surface area contributed by atoms with E-state index in [1.54, 1.807) is 12.1 Å². The standard InChI is InChI=1S/C12H9NO4/c13-9-5-7(6-14)1-2-8(9)10-3-4-11(17-10)12(15)16/h1-6H,13H2,(H,15,16). The second kappa shape index (κ2) is 4.13. The first-order chi connectivity index (χ1) is 8.11. The van der Waals surface area contributed by atoms with Crippen molar-refractivity contribution >= 4 is 17.9 Å². The van der Waals surface area contributed by atoms with Crippen molar-refractivity contribution in [3.63, 3.8) is 0 Å². The molecule has 0 aliphatic rings. The van der Waals surface area contributed by atoms with Crippen molar-refractivity contribution in [1.82, 2.24) is 0 Å². The molecule has 0 bridgehead atoms. The van der Waals surface area contributed by atoms with Crippen LogP contribution in [0.1, 0.15) is 20.9 Å². The lowest BCUT2D eigenvalue weighted by molar-refractivity contribution is 0.0663. The fourth-order valence-corrected chi connectivity index (χ4v) is 1.48. The highest BCUT2D eigenvalue weighted by atomic mass is 16.4. The maximum Gasteiger partial charge on any atom is 0.371 e. The minimum atomic E-state index is -1.14. The van der Waals surface area contributed by atoms with Crippen LogP contribution in [0.4, 0.5) is 5.69 Å². The number of aromatic carboxylic acids is 1. The topological polar surface area (TPSA) is 93.5 Å². The number of carboxylic acids is 1. The molecular formula is C12H9NO4. The Balaban J connectivity index is 2.45. The van der Waals surface area contributed by atoms with Crippen molar-refractivity contribution in [3.8, 4) is 11.3 Å². The van der Waals surface area contributed by atoms with Crippen LogP contribution in [-0.2, 0) is 0 Å². The number of aldehydes is 1.